The third-order valence-corrected chi connectivity index (χ3v) is 2.59. The molecule has 0 bridgehead atoms. The first-order chi connectivity index (χ1) is 4.50. The van der Waals surface area contributed by atoms with Crippen LogP contribution in [0.1, 0.15) is 32.1 Å². The molecule has 0 aromatic heterocycles. The van der Waals surface area contributed by atoms with Gasteiger partial charge in [0.25, 0.3) is 0 Å². The lowest BCUT2D eigenvalue weighted by Gasteiger charge is -1.97. The molecule has 0 aromatic carbocycles. The summed E-state index contributed by atoms with van der Waals surface area (Å²) in [6.45, 7) is 1.01. The zero-order chi connectivity index (χ0) is 6.36. The van der Waals surface area contributed by atoms with Gasteiger partial charge >= 0.3 is 0 Å². The average Bonchev–Trinajstić information content (AvgIpc) is 2.00. The van der Waals surface area contributed by atoms with Gasteiger partial charge in [-0.3, -0.25) is 0 Å². The summed E-state index contributed by atoms with van der Waals surface area (Å²) in [6.07, 6.45) is 8.21. The van der Waals surface area contributed by atoms with Crippen molar-refractivity contribution in [2.75, 3.05) is 12.8 Å². The summed E-state index contributed by atoms with van der Waals surface area (Å²) in [4.78, 5) is 0. The van der Waals surface area contributed by atoms with E-state index in [9.17, 15) is 0 Å². The second-order valence-corrected chi connectivity index (χ2v) is 3.59. The molecule has 0 aliphatic carbocycles. The third kappa shape index (κ3) is 3.89. The van der Waals surface area contributed by atoms with Crippen LogP contribution in [-0.2, 0) is 4.52 Å². The molecular weight excluding hydrogens is 131 g/mol. The summed E-state index contributed by atoms with van der Waals surface area (Å²) < 4.78 is 5.38. The highest BCUT2D eigenvalue weighted by atomic mass is 31.1. The Morgan fingerprint density at radius 2 is 1.67 bits per heavy atom. The van der Waals surface area contributed by atoms with Crippen molar-refractivity contribution < 1.29 is 4.52 Å². The van der Waals surface area contributed by atoms with E-state index in [2.05, 4.69) is 0 Å². The van der Waals surface area contributed by atoms with Crippen molar-refractivity contribution in [1.82, 2.24) is 0 Å². The van der Waals surface area contributed by atoms with Crippen molar-refractivity contribution in [3.63, 3.8) is 0 Å². The van der Waals surface area contributed by atoms with E-state index < -0.39 is 0 Å². The van der Waals surface area contributed by atoms with Crippen molar-refractivity contribution in [1.29, 1.82) is 0 Å². The summed E-state index contributed by atoms with van der Waals surface area (Å²) in [5.41, 5.74) is 0. The summed E-state index contributed by atoms with van der Waals surface area (Å²) in [5.74, 6) is 0. The molecule has 1 aliphatic rings. The molecule has 0 aromatic rings. The summed E-state index contributed by atoms with van der Waals surface area (Å²) in [6, 6.07) is 0. The summed E-state index contributed by atoms with van der Waals surface area (Å²) in [7, 11) is 0.786. The predicted octanol–water partition coefficient (Wildman–Crippen LogP) is 2.56. The minimum atomic E-state index is 0.786. The van der Waals surface area contributed by atoms with Gasteiger partial charge in [0.1, 0.15) is 0 Å². The first-order valence-corrected chi connectivity index (χ1v) is 4.96. The van der Waals surface area contributed by atoms with Gasteiger partial charge in [0.2, 0.25) is 0 Å². The van der Waals surface area contributed by atoms with Gasteiger partial charge in [-0.15, -0.1) is 0 Å². The molecule has 1 fully saturated rings. The monoisotopic (exact) mass is 146 g/mol. The normalized spacial score (nSPS) is 26.7. The first-order valence-electron chi connectivity index (χ1n) is 3.85. The maximum atomic E-state index is 5.38. The van der Waals surface area contributed by atoms with Crippen molar-refractivity contribution in [2.24, 2.45) is 0 Å². The standard InChI is InChI=1S/C7H15OP/c1-2-4-6-8-9-7-5-3-1/h9H,1-7H2. The Balaban J connectivity index is 2.02. The zero-order valence-electron chi connectivity index (χ0n) is 5.86. The summed E-state index contributed by atoms with van der Waals surface area (Å²) >= 11 is 0. The maximum Gasteiger partial charge on any atom is 0.0505 e. The molecular formula is C7H15OP. The van der Waals surface area contributed by atoms with Crippen LogP contribution in [0.25, 0.3) is 0 Å². The number of hydrogen-bond donors (Lipinski definition) is 0. The smallest absolute Gasteiger partial charge is 0.0505 e. The average molecular weight is 146 g/mol. The van der Waals surface area contributed by atoms with Crippen molar-refractivity contribution in [3.05, 3.63) is 0 Å². The molecule has 0 amide bonds. The SMILES string of the molecule is C1CCCOPCCC1. The second kappa shape index (κ2) is 5.20. The van der Waals surface area contributed by atoms with Gasteiger partial charge in [-0.05, 0) is 19.0 Å². The van der Waals surface area contributed by atoms with Gasteiger partial charge in [-0.25, -0.2) is 0 Å². The van der Waals surface area contributed by atoms with E-state index >= 15 is 0 Å². The van der Waals surface area contributed by atoms with Crippen molar-refractivity contribution >= 4 is 8.81 Å². The van der Waals surface area contributed by atoms with Crippen LogP contribution in [0.5, 0.6) is 0 Å². The lowest BCUT2D eigenvalue weighted by molar-refractivity contribution is 0.350. The zero-order valence-corrected chi connectivity index (χ0v) is 6.86. The molecule has 1 heterocycles. The molecule has 54 valence electrons. The molecule has 1 unspecified atom stereocenters. The molecule has 1 nitrogen and oxygen atoms in total. The highest BCUT2D eigenvalue weighted by molar-refractivity contribution is 7.32. The number of hydrogen-bond acceptors (Lipinski definition) is 1. The van der Waals surface area contributed by atoms with Gasteiger partial charge in [0.05, 0.1) is 6.61 Å². The Morgan fingerprint density at radius 1 is 0.889 bits per heavy atom. The third-order valence-electron chi connectivity index (χ3n) is 1.63. The van der Waals surface area contributed by atoms with Gasteiger partial charge in [-0.2, -0.15) is 0 Å². The Labute approximate surface area is 59.0 Å². The van der Waals surface area contributed by atoms with E-state index in [1.54, 1.807) is 0 Å². The number of rotatable bonds is 0. The van der Waals surface area contributed by atoms with Crippen LogP contribution in [0.2, 0.25) is 0 Å². The van der Waals surface area contributed by atoms with Gasteiger partial charge in [0, 0.05) is 8.81 Å². The lowest BCUT2D eigenvalue weighted by atomic mass is 10.2. The van der Waals surface area contributed by atoms with E-state index in [1.165, 1.54) is 38.3 Å². The molecule has 0 N–H and O–H groups in total. The Hall–Kier alpha value is 0.390. The molecule has 1 saturated heterocycles. The van der Waals surface area contributed by atoms with E-state index in [0.29, 0.717) is 0 Å². The van der Waals surface area contributed by atoms with Crippen LogP contribution >= 0.6 is 8.81 Å². The van der Waals surface area contributed by atoms with Crippen molar-refractivity contribution in [3.8, 4) is 0 Å². The van der Waals surface area contributed by atoms with Gasteiger partial charge < -0.3 is 4.52 Å². The van der Waals surface area contributed by atoms with Crippen molar-refractivity contribution in [2.45, 2.75) is 32.1 Å². The maximum absolute atomic E-state index is 5.38. The van der Waals surface area contributed by atoms with E-state index in [-0.39, 0.29) is 0 Å². The van der Waals surface area contributed by atoms with Gasteiger partial charge in [0.15, 0.2) is 0 Å². The fourth-order valence-corrected chi connectivity index (χ4v) is 1.87. The van der Waals surface area contributed by atoms with Crippen LogP contribution in [0.3, 0.4) is 0 Å². The highest BCUT2D eigenvalue weighted by Crippen LogP contribution is 2.18. The quantitative estimate of drug-likeness (QED) is 0.477. The predicted molar refractivity (Wildman–Crippen MR) is 42.2 cm³/mol. The molecule has 1 rings (SSSR count). The topological polar surface area (TPSA) is 9.23 Å². The fraction of sp³-hybridized carbons (Fsp3) is 1.00. The van der Waals surface area contributed by atoms with Crippen LogP contribution in [-0.4, -0.2) is 12.8 Å². The molecule has 9 heavy (non-hydrogen) atoms. The molecule has 0 saturated carbocycles. The van der Waals surface area contributed by atoms with Crippen LogP contribution in [0.15, 0.2) is 0 Å². The molecule has 1 atom stereocenters. The summed E-state index contributed by atoms with van der Waals surface area (Å²) in [5, 5.41) is 0. The van der Waals surface area contributed by atoms with Crippen LogP contribution in [0.4, 0.5) is 0 Å². The highest BCUT2D eigenvalue weighted by Gasteiger charge is 1.95. The second-order valence-electron chi connectivity index (χ2n) is 2.51. The first kappa shape index (κ1) is 7.50. The molecule has 0 radical (unpaired) electrons. The minimum Gasteiger partial charge on any atom is -0.362 e. The Morgan fingerprint density at radius 3 is 2.67 bits per heavy atom. The van der Waals surface area contributed by atoms with E-state index in [0.717, 1.165) is 15.4 Å². The Kier molecular flexibility index (Phi) is 4.33. The molecule has 2 heteroatoms. The molecule has 0 spiro atoms. The molecule has 1 aliphatic heterocycles. The van der Waals surface area contributed by atoms with E-state index in [4.69, 9.17) is 4.52 Å². The fourth-order valence-electron chi connectivity index (χ4n) is 1.05. The van der Waals surface area contributed by atoms with Crippen LogP contribution < -0.4 is 0 Å². The Bertz CT molecular complexity index is 37.4. The van der Waals surface area contributed by atoms with Gasteiger partial charge in [-0.1, -0.05) is 19.3 Å². The lowest BCUT2D eigenvalue weighted by Crippen LogP contribution is -1.83. The largest absolute Gasteiger partial charge is 0.362 e. The van der Waals surface area contributed by atoms with Crippen LogP contribution in [0, 0.1) is 0 Å². The minimum absolute atomic E-state index is 0.786. The van der Waals surface area contributed by atoms with E-state index in [1.807, 2.05) is 0 Å².